The molecule has 0 atom stereocenters. The molecule has 88 valence electrons. The summed E-state index contributed by atoms with van der Waals surface area (Å²) in [5.74, 6) is 2.44. The number of nitrogens with zero attached hydrogens (tertiary/aromatic N) is 3. The van der Waals surface area contributed by atoms with Gasteiger partial charge >= 0.3 is 0 Å². The van der Waals surface area contributed by atoms with Gasteiger partial charge < -0.3 is 0 Å². The van der Waals surface area contributed by atoms with E-state index < -0.39 is 10.0 Å². The summed E-state index contributed by atoms with van der Waals surface area (Å²) in [4.78, 5) is 0. The summed E-state index contributed by atoms with van der Waals surface area (Å²) in [6, 6.07) is 0. The molecular weight excluding hydrogens is 296 g/mol. The van der Waals surface area contributed by atoms with E-state index >= 15 is 0 Å². The van der Waals surface area contributed by atoms with E-state index in [0.29, 0.717) is 19.4 Å². The molecule has 0 saturated carbocycles. The molecule has 16 heavy (non-hydrogen) atoms. The number of rotatable bonds is 5. The average Bonchev–Trinajstić information content (AvgIpc) is 2.54. The van der Waals surface area contributed by atoms with Crippen LogP contribution in [-0.2, 0) is 17.1 Å². The van der Waals surface area contributed by atoms with Crippen LogP contribution in [-0.4, -0.2) is 30.0 Å². The lowest BCUT2D eigenvalue weighted by Crippen LogP contribution is -2.27. The fourth-order valence-corrected chi connectivity index (χ4v) is 3.24. The van der Waals surface area contributed by atoms with Gasteiger partial charge in [0.25, 0.3) is 10.0 Å². The van der Waals surface area contributed by atoms with Gasteiger partial charge in [-0.3, -0.25) is 0 Å². The van der Waals surface area contributed by atoms with Crippen LogP contribution < -0.4 is 4.72 Å². The number of unbranched alkanes of at least 4 members (excludes halogenated alkanes) is 1. The van der Waals surface area contributed by atoms with E-state index in [9.17, 15) is 8.42 Å². The number of aromatic nitrogens is 3. The Morgan fingerprint density at radius 1 is 1.62 bits per heavy atom. The molecule has 0 aliphatic carbocycles. The highest BCUT2D eigenvalue weighted by atomic mass is 79.9. The molecule has 0 aliphatic rings. The van der Waals surface area contributed by atoms with Crippen molar-refractivity contribution in [2.75, 3.05) is 6.54 Å². The Morgan fingerprint density at radius 2 is 2.31 bits per heavy atom. The van der Waals surface area contributed by atoms with E-state index in [2.05, 4.69) is 36.9 Å². The standard InChI is InChI=1S/C8H11BrN4O2S/c1-3-4-5-6-10-16(14,15)8-7(9)11-12-13(8)2/h1,10H,4-6H2,2H3. The average molecular weight is 307 g/mol. The minimum Gasteiger partial charge on any atom is -0.235 e. The summed E-state index contributed by atoms with van der Waals surface area (Å²) in [6.45, 7) is 0.296. The third-order valence-corrected chi connectivity index (χ3v) is 4.13. The van der Waals surface area contributed by atoms with Crippen molar-refractivity contribution in [1.29, 1.82) is 0 Å². The first-order valence-electron chi connectivity index (χ1n) is 4.47. The van der Waals surface area contributed by atoms with Gasteiger partial charge in [0.2, 0.25) is 5.03 Å². The second-order valence-electron chi connectivity index (χ2n) is 3.01. The monoisotopic (exact) mass is 306 g/mol. The molecule has 1 aromatic rings. The summed E-state index contributed by atoms with van der Waals surface area (Å²) in [5, 5.41) is 7.21. The van der Waals surface area contributed by atoms with Crippen molar-refractivity contribution < 1.29 is 8.42 Å². The summed E-state index contributed by atoms with van der Waals surface area (Å²) in [6.07, 6.45) is 6.19. The van der Waals surface area contributed by atoms with E-state index in [1.807, 2.05) is 0 Å². The Bertz CT molecular complexity index is 483. The summed E-state index contributed by atoms with van der Waals surface area (Å²) in [5.41, 5.74) is 0. The zero-order valence-electron chi connectivity index (χ0n) is 8.64. The molecule has 0 aliphatic heterocycles. The normalized spacial score (nSPS) is 11.3. The fourth-order valence-electron chi connectivity index (χ4n) is 1.07. The predicted octanol–water partition coefficient (Wildman–Crippen LogP) is 0.269. The van der Waals surface area contributed by atoms with E-state index in [1.165, 1.54) is 11.7 Å². The molecule has 0 fully saturated rings. The molecule has 0 aromatic carbocycles. The SMILES string of the molecule is C#CCCCNS(=O)(=O)c1c(Br)nnn1C. The van der Waals surface area contributed by atoms with Crippen molar-refractivity contribution in [1.82, 2.24) is 19.7 Å². The number of terminal acetylenes is 1. The predicted molar refractivity (Wildman–Crippen MR) is 62.0 cm³/mol. The number of hydrogen-bond donors (Lipinski definition) is 1. The van der Waals surface area contributed by atoms with Crippen LogP contribution in [0.2, 0.25) is 0 Å². The van der Waals surface area contributed by atoms with Crippen molar-refractivity contribution in [2.24, 2.45) is 7.05 Å². The van der Waals surface area contributed by atoms with E-state index in [-0.39, 0.29) is 9.63 Å². The molecule has 1 aromatic heterocycles. The highest BCUT2D eigenvalue weighted by Crippen LogP contribution is 2.17. The first-order chi connectivity index (χ1) is 7.49. The van der Waals surface area contributed by atoms with Crippen LogP contribution in [0.4, 0.5) is 0 Å². The van der Waals surface area contributed by atoms with Crippen LogP contribution in [0.5, 0.6) is 0 Å². The van der Waals surface area contributed by atoms with Gasteiger partial charge in [-0.05, 0) is 22.4 Å². The maximum Gasteiger partial charge on any atom is 0.260 e. The summed E-state index contributed by atoms with van der Waals surface area (Å²) < 4.78 is 27.4. The van der Waals surface area contributed by atoms with Gasteiger partial charge in [0, 0.05) is 20.0 Å². The zero-order valence-corrected chi connectivity index (χ0v) is 11.0. The molecule has 0 unspecified atom stereocenters. The molecule has 0 spiro atoms. The van der Waals surface area contributed by atoms with Crippen LogP contribution in [0.1, 0.15) is 12.8 Å². The van der Waals surface area contributed by atoms with Crippen molar-refractivity contribution in [3.8, 4) is 12.3 Å². The van der Waals surface area contributed by atoms with Crippen molar-refractivity contribution in [3.05, 3.63) is 4.60 Å². The van der Waals surface area contributed by atoms with Gasteiger partial charge in [-0.25, -0.2) is 17.8 Å². The number of halogens is 1. The lowest BCUT2D eigenvalue weighted by atomic mass is 10.3. The third-order valence-electron chi connectivity index (χ3n) is 1.78. The van der Waals surface area contributed by atoms with Crippen LogP contribution in [0.3, 0.4) is 0 Å². The largest absolute Gasteiger partial charge is 0.260 e. The highest BCUT2D eigenvalue weighted by molar-refractivity contribution is 9.10. The van der Waals surface area contributed by atoms with Crippen LogP contribution in [0.25, 0.3) is 0 Å². The lowest BCUT2D eigenvalue weighted by Gasteiger charge is -2.05. The summed E-state index contributed by atoms with van der Waals surface area (Å²) in [7, 11) is -2.08. The number of aryl methyl sites for hydroxylation is 1. The van der Waals surface area contributed by atoms with E-state index in [0.717, 1.165) is 0 Å². The molecule has 8 heteroatoms. The van der Waals surface area contributed by atoms with Crippen molar-refractivity contribution >= 4 is 26.0 Å². The topological polar surface area (TPSA) is 76.9 Å². The molecule has 0 bridgehead atoms. The molecule has 0 radical (unpaired) electrons. The Hall–Kier alpha value is -0.910. The van der Waals surface area contributed by atoms with Gasteiger partial charge in [0.1, 0.15) is 0 Å². The van der Waals surface area contributed by atoms with E-state index in [1.54, 1.807) is 0 Å². The first kappa shape index (κ1) is 13.2. The molecule has 1 N–H and O–H groups in total. The maximum absolute atomic E-state index is 11.8. The second kappa shape index (κ2) is 5.43. The Morgan fingerprint density at radius 3 is 2.81 bits per heavy atom. The smallest absolute Gasteiger partial charge is 0.235 e. The minimum atomic E-state index is -3.59. The minimum absolute atomic E-state index is 0.00760. The molecule has 0 saturated heterocycles. The molecule has 1 heterocycles. The molecule has 6 nitrogen and oxygen atoms in total. The molecule has 0 amide bonds. The quantitative estimate of drug-likeness (QED) is 0.626. The van der Waals surface area contributed by atoms with Crippen molar-refractivity contribution in [3.63, 3.8) is 0 Å². The van der Waals surface area contributed by atoms with Gasteiger partial charge in [-0.2, -0.15) is 0 Å². The summed E-state index contributed by atoms with van der Waals surface area (Å²) >= 11 is 3.03. The van der Waals surface area contributed by atoms with Gasteiger partial charge in [0.05, 0.1) is 0 Å². The third kappa shape index (κ3) is 3.04. The van der Waals surface area contributed by atoms with E-state index in [4.69, 9.17) is 6.42 Å². The lowest BCUT2D eigenvalue weighted by molar-refractivity contribution is 0.559. The van der Waals surface area contributed by atoms with Crippen LogP contribution in [0.15, 0.2) is 9.63 Å². The zero-order chi connectivity index (χ0) is 12.2. The van der Waals surface area contributed by atoms with Crippen LogP contribution in [0, 0.1) is 12.3 Å². The second-order valence-corrected chi connectivity index (χ2v) is 5.45. The molecular formula is C8H11BrN4O2S. The van der Waals surface area contributed by atoms with Gasteiger partial charge in [-0.15, -0.1) is 17.4 Å². The number of hydrogen-bond acceptors (Lipinski definition) is 4. The number of sulfonamides is 1. The molecule has 1 rings (SSSR count). The van der Waals surface area contributed by atoms with Gasteiger partial charge in [-0.1, -0.05) is 5.21 Å². The van der Waals surface area contributed by atoms with Crippen molar-refractivity contribution in [2.45, 2.75) is 17.9 Å². The highest BCUT2D eigenvalue weighted by Gasteiger charge is 2.22. The maximum atomic E-state index is 11.8. The Labute approximate surface area is 103 Å². The van der Waals surface area contributed by atoms with Crippen LogP contribution >= 0.6 is 15.9 Å². The number of nitrogens with one attached hydrogen (secondary N) is 1. The Kier molecular flexibility index (Phi) is 4.46. The van der Waals surface area contributed by atoms with Gasteiger partial charge in [0.15, 0.2) is 4.60 Å². The fraction of sp³-hybridized carbons (Fsp3) is 0.500. The first-order valence-corrected chi connectivity index (χ1v) is 6.75. The Balaban J connectivity index is 2.76.